The monoisotopic (exact) mass is 541 g/mol. The standard InChI is InChI=1S/C24H17BrFN3O6/c1-34-14-5-3-11-8-29(21(31)17(11)19(14)26)9-24(22(32)27-23(33)28-24)15-7-12-6-10-2-4-13(30)16(10)18(25)20(12)35-15/h3,5-7H,2,4,8-9H2,1H3,(H2,27,28,32,33)/t24-/m1/s1. The Balaban J connectivity index is 1.44. The van der Waals surface area contributed by atoms with Gasteiger partial charge < -0.3 is 19.4 Å². The molecule has 3 aliphatic rings. The van der Waals surface area contributed by atoms with Gasteiger partial charge in [0.25, 0.3) is 11.8 Å². The Morgan fingerprint density at radius 3 is 2.66 bits per heavy atom. The Labute approximate surface area is 205 Å². The molecule has 4 amide bonds. The number of hydrogen-bond donors (Lipinski definition) is 2. The number of halogens is 2. The van der Waals surface area contributed by atoms with Crippen LogP contribution in [0.25, 0.3) is 11.0 Å². The minimum Gasteiger partial charge on any atom is -0.494 e. The van der Waals surface area contributed by atoms with Crippen molar-refractivity contribution in [3.63, 3.8) is 0 Å². The molecule has 3 aromatic rings. The number of carbonyl (C=O) groups excluding carboxylic acids is 4. The van der Waals surface area contributed by atoms with E-state index in [-0.39, 0.29) is 35.9 Å². The molecule has 6 rings (SSSR count). The van der Waals surface area contributed by atoms with E-state index >= 15 is 0 Å². The second kappa shape index (κ2) is 7.38. The number of benzene rings is 2. The van der Waals surface area contributed by atoms with Crippen LogP contribution in [0.15, 0.2) is 33.2 Å². The number of nitrogens with one attached hydrogen (secondary N) is 2. The number of Topliss-reactive ketones (excluding diaryl/α,β-unsaturated/α-hetero) is 1. The SMILES string of the molecule is COc1ccc2c(c1F)C(=O)N(C[C@]1(c3cc4cc5c(c(Br)c4o3)C(=O)CC5)NC(=O)NC1=O)C2. The summed E-state index contributed by atoms with van der Waals surface area (Å²) in [6.45, 7) is -0.261. The lowest BCUT2D eigenvalue weighted by atomic mass is 9.95. The van der Waals surface area contributed by atoms with E-state index in [2.05, 4.69) is 26.6 Å². The fraction of sp³-hybridized carbons (Fsp3) is 0.250. The molecule has 1 aromatic heterocycles. The molecule has 0 spiro atoms. The Morgan fingerprint density at radius 1 is 1.14 bits per heavy atom. The van der Waals surface area contributed by atoms with E-state index in [1.54, 1.807) is 12.1 Å². The van der Waals surface area contributed by atoms with Crippen LogP contribution in [0, 0.1) is 5.82 Å². The highest BCUT2D eigenvalue weighted by Gasteiger charge is 2.53. The topological polar surface area (TPSA) is 118 Å². The molecule has 1 atom stereocenters. The summed E-state index contributed by atoms with van der Waals surface area (Å²) in [6.07, 6.45) is 1.01. The van der Waals surface area contributed by atoms with E-state index < -0.39 is 29.2 Å². The fourth-order valence-electron chi connectivity index (χ4n) is 5.10. The quantitative estimate of drug-likeness (QED) is 0.490. The highest BCUT2D eigenvalue weighted by Crippen LogP contribution is 2.41. The molecule has 2 aromatic carbocycles. The molecule has 3 heterocycles. The van der Waals surface area contributed by atoms with Crippen molar-refractivity contribution in [2.75, 3.05) is 13.7 Å². The lowest BCUT2D eigenvalue weighted by molar-refractivity contribution is -0.125. The van der Waals surface area contributed by atoms with E-state index in [0.717, 1.165) is 5.56 Å². The average molecular weight is 542 g/mol. The second-order valence-electron chi connectivity index (χ2n) is 8.77. The molecular weight excluding hydrogens is 525 g/mol. The van der Waals surface area contributed by atoms with Crippen molar-refractivity contribution in [3.8, 4) is 5.75 Å². The van der Waals surface area contributed by atoms with Gasteiger partial charge in [0, 0.05) is 23.9 Å². The van der Waals surface area contributed by atoms with Crippen LogP contribution in [0.1, 0.15) is 44.0 Å². The highest BCUT2D eigenvalue weighted by molar-refractivity contribution is 9.10. The van der Waals surface area contributed by atoms with Crippen molar-refractivity contribution in [2.45, 2.75) is 24.9 Å². The summed E-state index contributed by atoms with van der Waals surface area (Å²) in [4.78, 5) is 52.1. The minimum atomic E-state index is -1.75. The van der Waals surface area contributed by atoms with Gasteiger partial charge in [-0.2, -0.15) is 0 Å². The van der Waals surface area contributed by atoms with Gasteiger partial charge in [0.1, 0.15) is 11.3 Å². The van der Waals surface area contributed by atoms with Gasteiger partial charge in [0.05, 0.1) is 23.7 Å². The van der Waals surface area contributed by atoms with Crippen LogP contribution in [0.2, 0.25) is 0 Å². The first-order valence-corrected chi connectivity index (χ1v) is 11.6. The smallest absolute Gasteiger partial charge is 0.322 e. The van der Waals surface area contributed by atoms with E-state index in [1.807, 2.05) is 6.07 Å². The predicted octanol–water partition coefficient (Wildman–Crippen LogP) is 3.16. The third kappa shape index (κ3) is 2.97. The number of methoxy groups -OCH3 is 1. The molecule has 1 aliphatic carbocycles. The van der Waals surface area contributed by atoms with Crippen molar-refractivity contribution in [1.29, 1.82) is 0 Å². The molecule has 2 N–H and O–H groups in total. The number of rotatable bonds is 4. The molecule has 178 valence electrons. The van der Waals surface area contributed by atoms with Crippen LogP contribution in [-0.2, 0) is 23.3 Å². The molecule has 11 heteroatoms. The fourth-order valence-corrected chi connectivity index (χ4v) is 5.89. The summed E-state index contributed by atoms with van der Waals surface area (Å²) in [7, 11) is 1.30. The Bertz CT molecular complexity index is 1510. The molecular formula is C24H17BrFN3O6. The summed E-state index contributed by atoms with van der Waals surface area (Å²) < 4.78 is 26.3. The van der Waals surface area contributed by atoms with Crippen molar-refractivity contribution in [2.24, 2.45) is 0 Å². The number of aryl methyl sites for hydroxylation is 1. The maximum Gasteiger partial charge on any atom is 0.322 e. The molecule has 1 fully saturated rings. The zero-order valence-electron chi connectivity index (χ0n) is 18.3. The molecule has 0 radical (unpaired) electrons. The highest BCUT2D eigenvalue weighted by atomic mass is 79.9. The molecule has 9 nitrogen and oxygen atoms in total. The van der Waals surface area contributed by atoms with Gasteiger partial charge in [-0.05, 0) is 51.7 Å². The Morgan fingerprint density at radius 2 is 1.94 bits per heavy atom. The van der Waals surface area contributed by atoms with Crippen LogP contribution in [0.3, 0.4) is 0 Å². The van der Waals surface area contributed by atoms with Crippen LogP contribution in [0.4, 0.5) is 9.18 Å². The maximum absolute atomic E-state index is 14.8. The Kier molecular flexibility index (Phi) is 4.59. The van der Waals surface area contributed by atoms with Crippen LogP contribution >= 0.6 is 15.9 Å². The minimum absolute atomic E-state index is 0.00812. The van der Waals surface area contributed by atoms with Gasteiger partial charge in [-0.3, -0.25) is 19.7 Å². The third-order valence-electron chi connectivity index (χ3n) is 6.80. The summed E-state index contributed by atoms with van der Waals surface area (Å²) in [5.74, 6) is -2.10. The summed E-state index contributed by atoms with van der Waals surface area (Å²) in [5, 5.41) is 5.45. The van der Waals surface area contributed by atoms with Crippen molar-refractivity contribution < 1.29 is 32.7 Å². The molecule has 1 saturated heterocycles. The number of imide groups is 1. The maximum atomic E-state index is 14.8. The third-order valence-corrected chi connectivity index (χ3v) is 7.55. The predicted molar refractivity (Wildman–Crippen MR) is 123 cm³/mol. The first-order valence-electron chi connectivity index (χ1n) is 10.8. The summed E-state index contributed by atoms with van der Waals surface area (Å²) in [6, 6.07) is 5.72. The number of nitrogens with zero attached hydrogens (tertiary/aromatic N) is 1. The van der Waals surface area contributed by atoms with E-state index in [4.69, 9.17) is 9.15 Å². The largest absolute Gasteiger partial charge is 0.494 e. The number of furan rings is 1. The first-order chi connectivity index (χ1) is 16.7. The number of urea groups is 1. The number of amides is 4. The first kappa shape index (κ1) is 21.8. The van der Waals surface area contributed by atoms with Crippen LogP contribution < -0.4 is 15.4 Å². The molecule has 35 heavy (non-hydrogen) atoms. The van der Waals surface area contributed by atoms with Gasteiger partial charge >= 0.3 is 6.03 Å². The average Bonchev–Trinajstić information content (AvgIpc) is 3.55. The zero-order chi connectivity index (χ0) is 24.6. The number of ether oxygens (including phenoxy) is 1. The molecule has 0 bridgehead atoms. The number of ketones is 1. The summed E-state index contributed by atoms with van der Waals surface area (Å²) >= 11 is 3.46. The van der Waals surface area contributed by atoms with Gasteiger partial charge in [0.2, 0.25) is 0 Å². The van der Waals surface area contributed by atoms with Crippen molar-refractivity contribution >= 4 is 50.5 Å². The molecule has 0 saturated carbocycles. The lowest BCUT2D eigenvalue weighted by Crippen LogP contribution is -2.52. The number of fused-ring (bicyclic) bond motifs is 3. The van der Waals surface area contributed by atoms with Crippen molar-refractivity contribution in [1.82, 2.24) is 15.5 Å². The van der Waals surface area contributed by atoms with Crippen LogP contribution in [-0.4, -0.2) is 42.2 Å². The van der Waals surface area contributed by atoms with Crippen molar-refractivity contribution in [3.05, 3.63) is 62.6 Å². The van der Waals surface area contributed by atoms with Gasteiger partial charge in [-0.1, -0.05) is 6.07 Å². The van der Waals surface area contributed by atoms with Gasteiger partial charge in [-0.15, -0.1) is 0 Å². The van der Waals surface area contributed by atoms with E-state index in [1.165, 1.54) is 18.1 Å². The molecule has 2 aliphatic heterocycles. The second-order valence-corrected chi connectivity index (χ2v) is 9.56. The van der Waals surface area contributed by atoms with Gasteiger partial charge in [-0.25, -0.2) is 9.18 Å². The number of hydrogen-bond acceptors (Lipinski definition) is 6. The van der Waals surface area contributed by atoms with Crippen LogP contribution in [0.5, 0.6) is 5.75 Å². The Hall–Kier alpha value is -3.73. The number of carbonyl (C=O) groups is 4. The normalized spacial score (nSPS) is 20.9. The summed E-state index contributed by atoms with van der Waals surface area (Å²) in [5.41, 5.74) is 0.325. The molecule has 0 unspecified atom stereocenters. The lowest BCUT2D eigenvalue weighted by Gasteiger charge is -2.29. The van der Waals surface area contributed by atoms with E-state index in [0.29, 0.717) is 39.4 Å². The van der Waals surface area contributed by atoms with E-state index in [9.17, 15) is 23.6 Å². The zero-order valence-corrected chi connectivity index (χ0v) is 19.9. The van der Waals surface area contributed by atoms with Gasteiger partial charge in [0.15, 0.2) is 22.9 Å².